The molecule has 0 spiro atoms. The average molecular weight is 510 g/mol. The van der Waals surface area contributed by atoms with Crippen molar-refractivity contribution in [2.24, 2.45) is 5.92 Å². The van der Waals surface area contributed by atoms with Gasteiger partial charge in [0.1, 0.15) is 5.75 Å². The molecule has 0 saturated carbocycles. The van der Waals surface area contributed by atoms with Crippen molar-refractivity contribution < 1.29 is 23.9 Å². The van der Waals surface area contributed by atoms with Gasteiger partial charge in [0.25, 0.3) is 5.91 Å². The quantitative estimate of drug-likeness (QED) is 0.561. The van der Waals surface area contributed by atoms with Crippen LogP contribution in [0.5, 0.6) is 5.75 Å². The average Bonchev–Trinajstić information content (AvgIpc) is 3.13. The van der Waals surface area contributed by atoms with E-state index in [4.69, 9.17) is 21.1 Å². The van der Waals surface area contributed by atoms with Crippen LogP contribution in [0.15, 0.2) is 40.9 Å². The Morgan fingerprint density at radius 1 is 1.26 bits per heavy atom. The molecule has 1 saturated heterocycles. The number of nitrogens with zero attached hydrogens (tertiary/aromatic N) is 1. The molecule has 1 aliphatic heterocycles. The summed E-state index contributed by atoms with van der Waals surface area (Å²) in [4.78, 5) is 38.5. The predicted molar refractivity (Wildman–Crippen MR) is 122 cm³/mol. The molecular formula is C22H22BrClN2O5. The second-order valence-corrected chi connectivity index (χ2v) is 8.33. The zero-order valence-electron chi connectivity index (χ0n) is 17.1. The molecule has 2 aromatic carbocycles. The van der Waals surface area contributed by atoms with Crippen molar-refractivity contribution in [1.29, 1.82) is 0 Å². The molecule has 0 aromatic heterocycles. The SMILES string of the molecule is CCOc1ccc(N2C[C@@H](C(=O)OCC(=O)Nc3cc(Cl)c(Br)cc3C)CC2=O)cc1. The minimum Gasteiger partial charge on any atom is -0.494 e. The van der Waals surface area contributed by atoms with Crippen molar-refractivity contribution in [2.75, 3.05) is 30.0 Å². The number of rotatable bonds is 7. The summed E-state index contributed by atoms with van der Waals surface area (Å²) in [5.74, 6) is -1.15. The molecule has 7 nitrogen and oxygen atoms in total. The fraction of sp³-hybridized carbons (Fsp3) is 0.318. The summed E-state index contributed by atoms with van der Waals surface area (Å²) >= 11 is 9.38. The van der Waals surface area contributed by atoms with Gasteiger partial charge in [-0.1, -0.05) is 11.6 Å². The molecule has 1 aliphatic rings. The van der Waals surface area contributed by atoms with Gasteiger partial charge in [0, 0.05) is 28.8 Å². The summed E-state index contributed by atoms with van der Waals surface area (Å²) in [5.41, 5.74) is 2.03. The van der Waals surface area contributed by atoms with Gasteiger partial charge in [0.2, 0.25) is 5.91 Å². The second-order valence-electron chi connectivity index (χ2n) is 7.07. The second kappa shape index (κ2) is 10.2. The Morgan fingerprint density at radius 3 is 2.65 bits per heavy atom. The minimum absolute atomic E-state index is 0.0368. The third-order valence-electron chi connectivity index (χ3n) is 4.80. The van der Waals surface area contributed by atoms with Crippen molar-refractivity contribution in [2.45, 2.75) is 20.3 Å². The number of nitrogens with one attached hydrogen (secondary N) is 1. The van der Waals surface area contributed by atoms with Gasteiger partial charge in [-0.15, -0.1) is 0 Å². The summed E-state index contributed by atoms with van der Waals surface area (Å²) in [7, 11) is 0. The molecule has 2 aromatic rings. The number of benzene rings is 2. The van der Waals surface area contributed by atoms with Crippen LogP contribution >= 0.6 is 27.5 Å². The summed E-state index contributed by atoms with van der Waals surface area (Å²) < 4.78 is 11.3. The zero-order chi connectivity index (χ0) is 22.5. The van der Waals surface area contributed by atoms with Crippen LogP contribution in [0.25, 0.3) is 0 Å². The Morgan fingerprint density at radius 2 is 1.97 bits per heavy atom. The third-order valence-corrected chi connectivity index (χ3v) is 6.00. The van der Waals surface area contributed by atoms with Crippen LogP contribution in [-0.4, -0.2) is 37.5 Å². The number of hydrogen-bond acceptors (Lipinski definition) is 5. The highest BCUT2D eigenvalue weighted by Crippen LogP contribution is 2.29. The minimum atomic E-state index is -0.629. The molecule has 0 aliphatic carbocycles. The molecule has 2 amide bonds. The molecule has 1 fully saturated rings. The highest BCUT2D eigenvalue weighted by molar-refractivity contribution is 9.10. The molecule has 9 heteroatoms. The van der Waals surface area contributed by atoms with Crippen LogP contribution in [0.2, 0.25) is 5.02 Å². The highest BCUT2D eigenvalue weighted by Gasteiger charge is 2.36. The lowest BCUT2D eigenvalue weighted by molar-refractivity contribution is -0.151. The maximum absolute atomic E-state index is 12.4. The Balaban J connectivity index is 1.53. The van der Waals surface area contributed by atoms with Gasteiger partial charge in [-0.25, -0.2) is 0 Å². The highest BCUT2D eigenvalue weighted by atomic mass is 79.9. The van der Waals surface area contributed by atoms with Crippen molar-refractivity contribution in [3.8, 4) is 5.75 Å². The maximum atomic E-state index is 12.4. The summed E-state index contributed by atoms with van der Waals surface area (Å²) in [6.07, 6.45) is 0.0368. The number of aryl methyl sites for hydroxylation is 1. The van der Waals surface area contributed by atoms with E-state index in [9.17, 15) is 14.4 Å². The lowest BCUT2D eigenvalue weighted by Crippen LogP contribution is -2.28. The number of hydrogen-bond donors (Lipinski definition) is 1. The predicted octanol–water partition coefficient (Wildman–Crippen LogP) is 4.34. The number of carbonyl (C=O) groups excluding carboxylic acids is 3. The maximum Gasteiger partial charge on any atom is 0.311 e. The first-order valence-corrected chi connectivity index (χ1v) is 10.9. The van der Waals surface area contributed by atoms with E-state index in [1.807, 2.05) is 13.8 Å². The van der Waals surface area contributed by atoms with E-state index < -0.39 is 24.4 Å². The smallest absolute Gasteiger partial charge is 0.311 e. The van der Waals surface area contributed by atoms with Crippen molar-refractivity contribution in [3.05, 3.63) is 51.5 Å². The standard InChI is InChI=1S/C22H22BrClN2O5/c1-3-30-16-6-4-15(5-7-16)26-11-14(9-21(26)28)22(29)31-12-20(27)25-19-10-18(24)17(23)8-13(19)2/h4-8,10,14H,3,9,11-12H2,1-2H3,(H,25,27)/t14-/m0/s1. The van der Waals surface area contributed by atoms with Crippen LogP contribution < -0.4 is 15.0 Å². The van der Waals surface area contributed by atoms with E-state index in [-0.39, 0.29) is 18.9 Å². The van der Waals surface area contributed by atoms with Gasteiger partial charge >= 0.3 is 5.97 Å². The first-order valence-electron chi connectivity index (χ1n) is 9.73. The molecule has 0 bridgehead atoms. The number of anilines is 2. The molecule has 3 rings (SSSR count). The van der Waals surface area contributed by atoms with E-state index in [0.717, 1.165) is 10.0 Å². The molecule has 0 radical (unpaired) electrons. The zero-order valence-corrected chi connectivity index (χ0v) is 19.5. The largest absolute Gasteiger partial charge is 0.494 e. The summed E-state index contributed by atoms with van der Waals surface area (Å²) in [5, 5.41) is 3.13. The van der Waals surface area contributed by atoms with Gasteiger partial charge in [-0.2, -0.15) is 0 Å². The molecule has 164 valence electrons. The van der Waals surface area contributed by atoms with Crippen LogP contribution in [0.4, 0.5) is 11.4 Å². The van der Waals surface area contributed by atoms with Crippen molar-refractivity contribution >= 4 is 56.7 Å². The number of halogens is 2. The lowest BCUT2D eigenvalue weighted by atomic mass is 10.1. The first-order chi connectivity index (χ1) is 14.8. The van der Waals surface area contributed by atoms with E-state index in [1.165, 1.54) is 4.90 Å². The number of esters is 1. The number of carbonyl (C=O) groups is 3. The molecule has 1 atom stereocenters. The Hall–Kier alpha value is -2.58. The van der Waals surface area contributed by atoms with Crippen molar-refractivity contribution in [3.63, 3.8) is 0 Å². The normalized spacial score (nSPS) is 15.7. The molecule has 1 N–H and O–H groups in total. The first kappa shape index (κ1) is 23.1. The molecular weight excluding hydrogens is 488 g/mol. The fourth-order valence-corrected chi connectivity index (χ4v) is 3.85. The Labute approximate surface area is 193 Å². The van der Waals surface area contributed by atoms with E-state index >= 15 is 0 Å². The van der Waals surface area contributed by atoms with Crippen LogP contribution in [0, 0.1) is 12.8 Å². The fourth-order valence-electron chi connectivity index (χ4n) is 3.23. The van der Waals surface area contributed by atoms with Crippen molar-refractivity contribution in [1.82, 2.24) is 0 Å². The van der Waals surface area contributed by atoms with Gasteiger partial charge in [0.05, 0.1) is 17.5 Å². The molecule has 31 heavy (non-hydrogen) atoms. The van der Waals surface area contributed by atoms with Crippen LogP contribution in [-0.2, 0) is 19.1 Å². The molecule has 0 unspecified atom stereocenters. The topological polar surface area (TPSA) is 84.9 Å². The van der Waals surface area contributed by atoms with Gasteiger partial charge in [-0.05, 0) is 71.7 Å². The number of amides is 2. The number of ether oxygens (including phenoxy) is 2. The summed E-state index contributed by atoms with van der Waals surface area (Å²) in [6, 6.07) is 10.5. The van der Waals surface area contributed by atoms with E-state index in [0.29, 0.717) is 28.8 Å². The van der Waals surface area contributed by atoms with E-state index in [2.05, 4.69) is 21.2 Å². The lowest BCUT2D eigenvalue weighted by Gasteiger charge is -2.17. The molecule has 1 heterocycles. The Kier molecular flexibility index (Phi) is 7.56. The van der Waals surface area contributed by atoms with Gasteiger partial charge in [-0.3, -0.25) is 14.4 Å². The van der Waals surface area contributed by atoms with Crippen LogP contribution in [0.3, 0.4) is 0 Å². The van der Waals surface area contributed by atoms with Gasteiger partial charge in [0.15, 0.2) is 6.61 Å². The van der Waals surface area contributed by atoms with Crippen LogP contribution in [0.1, 0.15) is 18.9 Å². The van der Waals surface area contributed by atoms with E-state index in [1.54, 1.807) is 36.4 Å². The summed E-state index contributed by atoms with van der Waals surface area (Å²) in [6.45, 7) is 4.03. The monoisotopic (exact) mass is 508 g/mol. The third kappa shape index (κ3) is 5.77. The Bertz CT molecular complexity index is 996. The van der Waals surface area contributed by atoms with Gasteiger partial charge < -0.3 is 19.7 Å².